The summed E-state index contributed by atoms with van der Waals surface area (Å²) in [5, 5.41) is 3.42. The summed E-state index contributed by atoms with van der Waals surface area (Å²) in [6, 6.07) is 5.68. The number of hydrogen-bond acceptors (Lipinski definition) is 4. The Labute approximate surface area is 183 Å². The summed E-state index contributed by atoms with van der Waals surface area (Å²) >= 11 is 0. The largest absolute Gasteiger partial charge is 0.547 e. The van der Waals surface area contributed by atoms with Gasteiger partial charge in [-0.15, -0.1) is 0 Å². The summed E-state index contributed by atoms with van der Waals surface area (Å²) in [6.07, 6.45) is 10.2. The van der Waals surface area contributed by atoms with Crippen LogP contribution in [0, 0.1) is 11.7 Å². The first kappa shape index (κ1) is 23.4. The molecule has 6 heteroatoms. The molecule has 1 aromatic carbocycles. The van der Waals surface area contributed by atoms with Gasteiger partial charge in [-0.25, -0.2) is 4.39 Å². The molecule has 3 rings (SSSR count). The highest BCUT2D eigenvalue weighted by atomic mass is 28.3. The molecule has 0 spiro atoms. The van der Waals surface area contributed by atoms with Gasteiger partial charge in [0.25, 0.3) is 0 Å². The van der Waals surface area contributed by atoms with E-state index in [0.29, 0.717) is 29.9 Å². The molecule has 168 valence electrons. The zero-order valence-corrected chi connectivity index (χ0v) is 20.0. The van der Waals surface area contributed by atoms with Gasteiger partial charge in [0.2, 0.25) is 8.65 Å². The van der Waals surface area contributed by atoms with Crippen LogP contribution in [0.15, 0.2) is 18.2 Å². The molecule has 30 heavy (non-hydrogen) atoms. The van der Waals surface area contributed by atoms with E-state index in [9.17, 15) is 0 Å². The van der Waals surface area contributed by atoms with Crippen LogP contribution >= 0.6 is 0 Å². The van der Waals surface area contributed by atoms with Crippen molar-refractivity contribution in [3.63, 3.8) is 0 Å². The number of ether oxygens (including phenoxy) is 1. The van der Waals surface area contributed by atoms with Crippen LogP contribution < -0.4 is 10.2 Å². The molecule has 0 unspecified atom stereocenters. The first-order valence-corrected chi connectivity index (χ1v) is 13.1. The van der Waals surface area contributed by atoms with Crippen LogP contribution in [0.5, 0.6) is 0 Å². The van der Waals surface area contributed by atoms with E-state index in [0.717, 1.165) is 64.9 Å². The second kappa shape index (κ2) is 10.9. The van der Waals surface area contributed by atoms with E-state index in [1.54, 1.807) is 0 Å². The van der Waals surface area contributed by atoms with Gasteiger partial charge in [-0.2, -0.15) is 0 Å². The van der Waals surface area contributed by atoms with Crippen molar-refractivity contribution in [2.45, 2.75) is 70.6 Å². The molecule has 0 radical (unpaired) electrons. The zero-order chi connectivity index (χ0) is 21.6. The maximum atomic E-state index is 15.2. The lowest BCUT2D eigenvalue weighted by atomic mass is 9.93. The number of piperidine rings is 2. The Morgan fingerprint density at radius 3 is 2.53 bits per heavy atom. The quantitative estimate of drug-likeness (QED) is 0.610. The van der Waals surface area contributed by atoms with E-state index in [4.69, 9.17) is 9.16 Å². The summed E-state index contributed by atoms with van der Waals surface area (Å²) in [6.45, 7) is 11.5. The number of benzene rings is 1. The van der Waals surface area contributed by atoms with Crippen molar-refractivity contribution in [2.75, 3.05) is 37.7 Å². The van der Waals surface area contributed by atoms with Crippen LogP contribution in [-0.4, -0.2) is 53.7 Å². The lowest BCUT2D eigenvalue weighted by Gasteiger charge is -2.34. The van der Waals surface area contributed by atoms with Gasteiger partial charge in [0, 0.05) is 30.3 Å². The van der Waals surface area contributed by atoms with Crippen molar-refractivity contribution in [2.24, 2.45) is 5.92 Å². The molecule has 1 aromatic rings. The fourth-order valence-electron chi connectivity index (χ4n) is 4.13. The number of hydrogen-bond donors (Lipinski definition) is 1. The van der Waals surface area contributed by atoms with E-state index in [1.807, 2.05) is 18.2 Å². The standard InChI is InChI=1S/C24H39FN2O2Si/c1-24(2,3)30(4)29-18-20-6-5-7-22(23(20)25)27-15-10-19(11-16-27)12-17-28-21-8-13-26-14-9-21/h5-7,19,21,26H,4,8-18H2,1-3H3. The molecular formula is C24H39FN2O2Si. The second-order valence-corrected chi connectivity index (χ2v) is 12.4. The predicted octanol–water partition coefficient (Wildman–Crippen LogP) is 4.52. The first-order chi connectivity index (χ1) is 14.3. The predicted molar refractivity (Wildman–Crippen MR) is 125 cm³/mol. The van der Waals surface area contributed by atoms with Gasteiger partial charge in [-0.1, -0.05) is 39.1 Å². The number of rotatable bonds is 8. The zero-order valence-electron chi connectivity index (χ0n) is 19.0. The minimum atomic E-state index is -1.23. The van der Waals surface area contributed by atoms with Crippen molar-refractivity contribution in [1.82, 2.24) is 5.32 Å². The van der Waals surface area contributed by atoms with E-state index < -0.39 is 8.65 Å². The summed E-state index contributed by atoms with van der Waals surface area (Å²) < 4.78 is 27.2. The van der Waals surface area contributed by atoms with Crippen LogP contribution in [0.4, 0.5) is 10.1 Å². The minimum absolute atomic E-state index is 0.0399. The highest BCUT2D eigenvalue weighted by molar-refractivity contribution is 6.58. The molecule has 0 amide bonds. The lowest BCUT2D eigenvalue weighted by Crippen LogP contribution is -2.35. The smallest absolute Gasteiger partial charge is 0.230 e. The highest BCUT2D eigenvalue weighted by Crippen LogP contribution is 2.30. The summed E-state index contributed by atoms with van der Waals surface area (Å²) in [5.74, 6) is 0.551. The van der Waals surface area contributed by atoms with Crippen molar-refractivity contribution in [3.8, 4) is 0 Å². The van der Waals surface area contributed by atoms with Gasteiger partial charge in [-0.05, 0) is 57.2 Å². The third kappa shape index (κ3) is 6.63. The van der Waals surface area contributed by atoms with Crippen molar-refractivity contribution < 1.29 is 13.6 Å². The Bertz CT molecular complexity index is 693. The van der Waals surface area contributed by atoms with Crippen LogP contribution in [0.3, 0.4) is 0 Å². The minimum Gasteiger partial charge on any atom is -0.547 e. The molecule has 2 aliphatic heterocycles. The summed E-state index contributed by atoms with van der Waals surface area (Å²) in [4.78, 5) is 2.20. The Hall–Kier alpha value is -1.24. The molecule has 2 fully saturated rings. The third-order valence-corrected chi connectivity index (χ3v) is 8.58. The topological polar surface area (TPSA) is 33.7 Å². The molecule has 0 aromatic heterocycles. The van der Waals surface area contributed by atoms with Crippen molar-refractivity contribution in [1.29, 1.82) is 0 Å². The maximum absolute atomic E-state index is 15.2. The van der Waals surface area contributed by atoms with Gasteiger partial charge in [0.15, 0.2) is 5.82 Å². The average Bonchev–Trinajstić information content (AvgIpc) is 2.73. The maximum Gasteiger partial charge on any atom is 0.230 e. The molecular weight excluding hydrogens is 395 g/mol. The number of nitrogens with zero attached hydrogens (tertiary/aromatic N) is 1. The molecule has 1 N–H and O–H groups in total. The molecule has 2 heterocycles. The highest BCUT2D eigenvalue weighted by Gasteiger charge is 2.24. The number of halogens is 1. The molecule has 4 nitrogen and oxygen atoms in total. The van der Waals surface area contributed by atoms with Gasteiger partial charge in [0.1, 0.15) is 0 Å². The van der Waals surface area contributed by atoms with Crippen LogP contribution in [0.1, 0.15) is 58.4 Å². The fourth-order valence-corrected chi connectivity index (χ4v) is 4.89. The van der Waals surface area contributed by atoms with Crippen LogP contribution in [0.2, 0.25) is 5.04 Å². The molecule has 0 bridgehead atoms. The Morgan fingerprint density at radius 2 is 1.87 bits per heavy atom. The normalized spacial score (nSPS) is 19.1. The Morgan fingerprint density at radius 1 is 1.17 bits per heavy atom. The van der Waals surface area contributed by atoms with E-state index >= 15 is 4.39 Å². The average molecular weight is 435 g/mol. The van der Waals surface area contributed by atoms with E-state index in [-0.39, 0.29) is 10.9 Å². The summed E-state index contributed by atoms with van der Waals surface area (Å²) in [7, 11) is -1.23. The number of nitrogens with one attached hydrogen (secondary N) is 1. The Kier molecular flexibility index (Phi) is 8.49. The second-order valence-electron chi connectivity index (χ2n) is 9.75. The SMILES string of the molecule is C=[Si](OCc1cccc(N2CCC(CCOC3CCNCC3)CC2)c1F)C(C)(C)C. The molecule has 0 aliphatic carbocycles. The van der Waals surface area contributed by atoms with Gasteiger partial charge >= 0.3 is 0 Å². The van der Waals surface area contributed by atoms with Crippen LogP contribution in [-0.2, 0) is 15.8 Å². The number of anilines is 1. The first-order valence-electron chi connectivity index (χ1n) is 11.5. The Balaban J connectivity index is 1.46. The van der Waals surface area contributed by atoms with Gasteiger partial charge < -0.3 is 19.4 Å². The molecule has 0 saturated carbocycles. The lowest BCUT2D eigenvalue weighted by molar-refractivity contribution is 0.0241. The third-order valence-electron chi connectivity index (χ3n) is 6.42. The summed E-state index contributed by atoms with van der Waals surface area (Å²) in [5.41, 5.74) is 1.36. The van der Waals surface area contributed by atoms with E-state index in [1.165, 1.54) is 0 Å². The monoisotopic (exact) mass is 434 g/mol. The molecule has 2 aliphatic rings. The molecule has 0 atom stereocenters. The molecule has 2 saturated heterocycles. The van der Waals surface area contributed by atoms with Crippen molar-refractivity contribution >= 4 is 20.5 Å². The van der Waals surface area contributed by atoms with Crippen LogP contribution in [0.25, 0.3) is 0 Å². The fraction of sp³-hybridized carbons (Fsp3) is 0.708. The van der Waals surface area contributed by atoms with Gasteiger partial charge in [0.05, 0.1) is 18.4 Å². The van der Waals surface area contributed by atoms with Crippen molar-refractivity contribution in [3.05, 3.63) is 29.6 Å². The van der Waals surface area contributed by atoms with Gasteiger partial charge in [-0.3, -0.25) is 0 Å². The van der Waals surface area contributed by atoms with E-state index in [2.05, 4.69) is 37.2 Å².